The van der Waals surface area contributed by atoms with Crippen molar-refractivity contribution >= 4 is 5.91 Å². The summed E-state index contributed by atoms with van der Waals surface area (Å²) in [4.78, 5) is 11.4. The van der Waals surface area contributed by atoms with Gasteiger partial charge in [0.2, 0.25) is 5.91 Å². The Labute approximate surface area is 98.6 Å². The lowest BCUT2D eigenvalue weighted by Gasteiger charge is -2.14. The van der Waals surface area contributed by atoms with Gasteiger partial charge in [0.15, 0.2) is 0 Å². The highest BCUT2D eigenvalue weighted by atomic mass is 16.3. The molecular weight excluding hydrogens is 202 g/mol. The lowest BCUT2D eigenvalue weighted by Crippen LogP contribution is -2.29. The Hall–Kier alpha value is -1.01. The van der Waals surface area contributed by atoms with E-state index in [2.05, 4.69) is 18.2 Å². The molecule has 0 aromatic rings. The fraction of sp³-hybridized carbons (Fsp3) is 0.769. The van der Waals surface area contributed by atoms with E-state index in [9.17, 15) is 4.79 Å². The van der Waals surface area contributed by atoms with Crippen LogP contribution >= 0.6 is 0 Å². The number of amides is 1. The van der Waals surface area contributed by atoms with Crippen LogP contribution in [0.1, 0.15) is 45.4 Å². The molecule has 3 nitrogen and oxygen atoms in total. The number of hydrogen-bond acceptors (Lipinski definition) is 2. The molecule has 16 heavy (non-hydrogen) atoms. The topological polar surface area (TPSA) is 49.3 Å². The van der Waals surface area contributed by atoms with E-state index >= 15 is 0 Å². The lowest BCUT2D eigenvalue weighted by molar-refractivity contribution is -0.121. The molecule has 0 spiro atoms. The van der Waals surface area contributed by atoms with Gasteiger partial charge in [0.1, 0.15) is 0 Å². The number of aliphatic hydroxyl groups excluding tert-OH is 1. The second-order valence-electron chi connectivity index (χ2n) is 4.00. The third-order valence-corrected chi connectivity index (χ3v) is 2.68. The van der Waals surface area contributed by atoms with Gasteiger partial charge in [0.25, 0.3) is 0 Å². The minimum Gasteiger partial charge on any atom is -0.396 e. The molecule has 1 amide bonds. The molecule has 0 saturated heterocycles. The Morgan fingerprint density at radius 2 is 2.25 bits per heavy atom. The Morgan fingerprint density at radius 1 is 1.50 bits per heavy atom. The second-order valence-corrected chi connectivity index (χ2v) is 4.00. The monoisotopic (exact) mass is 225 g/mol. The van der Waals surface area contributed by atoms with Crippen LogP contribution in [0, 0.1) is 18.3 Å². The SMILES string of the molecule is C#CCCCCC(=O)NCC(CC)CCO. The third-order valence-electron chi connectivity index (χ3n) is 2.68. The molecule has 0 aliphatic rings. The maximum Gasteiger partial charge on any atom is 0.220 e. The molecule has 0 saturated carbocycles. The third kappa shape index (κ3) is 8.31. The Morgan fingerprint density at radius 3 is 2.81 bits per heavy atom. The normalized spacial score (nSPS) is 11.8. The summed E-state index contributed by atoms with van der Waals surface area (Å²) in [5.74, 6) is 3.04. The van der Waals surface area contributed by atoms with Crippen LogP contribution in [0.4, 0.5) is 0 Å². The van der Waals surface area contributed by atoms with E-state index in [1.807, 2.05) is 0 Å². The molecule has 3 heteroatoms. The Balaban J connectivity index is 3.52. The largest absolute Gasteiger partial charge is 0.396 e. The molecule has 2 N–H and O–H groups in total. The molecule has 92 valence electrons. The average molecular weight is 225 g/mol. The van der Waals surface area contributed by atoms with Gasteiger partial charge in [0, 0.05) is 26.0 Å². The van der Waals surface area contributed by atoms with Gasteiger partial charge < -0.3 is 10.4 Å². The van der Waals surface area contributed by atoms with Crippen LogP contribution in [0.2, 0.25) is 0 Å². The summed E-state index contributed by atoms with van der Waals surface area (Å²) in [5.41, 5.74) is 0. The van der Waals surface area contributed by atoms with Crippen LogP contribution < -0.4 is 5.32 Å². The molecule has 0 aromatic heterocycles. The highest BCUT2D eigenvalue weighted by Crippen LogP contribution is 2.06. The second kappa shape index (κ2) is 10.5. The van der Waals surface area contributed by atoms with Gasteiger partial charge in [-0.15, -0.1) is 12.3 Å². The molecule has 0 fully saturated rings. The van der Waals surface area contributed by atoms with E-state index in [-0.39, 0.29) is 12.5 Å². The van der Waals surface area contributed by atoms with Crippen molar-refractivity contribution in [1.29, 1.82) is 0 Å². The van der Waals surface area contributed by atoms with Crippen molar-refractivity contribution in [3.05, 3.63) is 0 Å². The zero-order valence-electron chi connectivity index (χ0n) is 10.2. The van der Waals surface area contributed by atoms with Gasteiger partial charge in [-0.2, -0.15) is 0 Å². The summed E-state index contributed by atoms with van der Waals surface area (Å²) in [7, 11) is 0. The van der Waals surface area contributed by atoms with Crippen molar-refractivity contribution in [1.82, 2.24) is 5.32 Å². The molecule has 0 aliphatic heterocycles. The number of rotatable bonds is 9. The van der Waals surface area contributed by atoms with Crippen LogP contribution in [-0.2, 0) is 4.79 Å². The molecule has 0 heterocycles. The maximum absolute atomic E-state index is 11.4. The lowest BCUT2D eigenvalue weighted by atomic mass is 10.0. The van der Waals surface area contributed by atoms with Gasteiger partial charge in [0.05, 0.1) is 0 Å². The van der Waals surface area contributed by atoms with Crippen molar-refractivity contribution < 1.29 is 9.90 Å². The highest BCUT2D eigenvalue weighted by molar-refractivity contribution is 5.75. The first-order chi connectivity index (χ1) is 7.74. The standard InChI is InChI=1S/C13H23NO2/c1-3-5-6-7-8-13(16)14-11-12(4-2)9-10-15/h1,12,15H,4-11H2,2H3,(H,14,16). The molecule has 0 rings (SSSR count). The summed E-state index contributed by atoms with van der Waals surface area (Å²) >= 11 is 0. The van der Waals surface area contributed by atoms with E-state index < -0.39 is 0 Å². The minimum absolute atomic E-state index is 0.0911. The zero-order chi connectivity index (χ0) is 12.2. The Kier molecular flexibility index (Phi) is 9.84. The first kappa shape index (κ1) is 15.0. The highest BCUT2D eigenvalue weighted by Gasteiger charge is 2.07. The van der Waals surface area contributed by atoms with Crippen LogP contribution in [0.15, 0.2) is 0 Å². The van der Waals surface area contributed by atoms with Crippen molar-refractivity contribution in [3.63, 3.8) is 0 Å². The molecular formula is C13H23NO2. The Bertz CT molecular complexity index is 220. The number of hydrogen-bond donors (Lipinski definition) is 2. The van der Waals surface area contributed by atoms with Gasteiger partial charge in [-0.25, -0.2) is 0 Å². The van der Waals surface area contributed by atoms with Gasteiger partial charge in [-0.05, 0) is 25.2 Å². The molecule has 1 unspecified atom stereocenters. The van der Waals surface area contributed by atoms with Crippen molar-refractivity contribution in [2.75, 3.05) is 13.2 Å². The molecule has 0 aliphatic carbocycles. The van der Waals surface area contributed by atoms with Crippen LogP contribution in [0.25, 0.3) is 0 Å². The van der Waals surface area contributed by atoms with Crippen LogP contribution in [-0.4, -0.2) is 24.2 Å². The minimum atomic E-state index is 0.0911. The summed E-state index contributed by atoms with van der Waals surface area (Å²) in [6.45, 7) is 2.93. The van der Waals surface area contributed by atoms with Crippen LogP contribution in [0.5, 0.6) is 0 Å². The maximum atomic E-state index is 11.4. The summed E-state index contributed by atoms with van der Waals surface area (Å²) in [6, 6.07) is 0. The molecule has 0 bridgehead atoms. The summed E-state index contributed by atoms with van der Waals surface area (Å²) in [6.07, 6.45) is 9.93. The number of unbranched alkanes of at least 4 members (excludes halogenated alkanes) is 2. The molecule has 1 atom stereocenters. The first-order valence-electron chi connectivity index (χ1n) is 6.05. The van der Waals surface area contributed by atoms with Crippen molar-refractivity contribution in [2.45, 2.75) is 45.4 Å². The van der Waals surface area contributed by atoms with Crippen molar-refractivity contribution in [3.8, 4) is 12.3 Å². The fourth-order valence-corrected chi connectivity index (χ4v) is 1.49. The van der Waals surface area contributed by atoms with E-state index in [1.165, 1.54) is 0 Å². The zero-order valence-corrected chi connectivity index (χ0v) is 10.2. The quantitative estimate of drug-likeness (QED) is 0.463. The van der Waals surface area contributed by atoms with Gasteiger partial charge in [-0.1, -0.05) is 13.3 Å². The number of carbonyl (C=O) groups excluding carboxylic acids is 1. The van der Waals surface area contributed by atoms with E-state index in [0.717, 1.165) is 32.1 Å². The predicted molar refractivity (Wildman–Crippen MR) is 65.8 cm³/mol. The predicted octanol–water partition coefficient (Wildman–Crippen LogP) is 1.70. The number of nitrogens with one attached hydrogen (secondary N) is 1. The smallest absolute Gasteiger partial charge is 0.220 e. The van der Waals surface area contributed by atoms with Gasteiger partial charge >= 0.3 is 0 Å². The van der Waals surface area contributed by atoms with E-state index in [1.54, 1.807) is 0 Å². The van der Waals surface area contributed by atoms with Gasteiger partial charge in [-0.3, -0.25) is 4.79 Å². The fourth-order valence-electron chi connectivity index (χ4n) is 1.49. The number of terminal acetylenes is 1. The molecule has 0 radical (unpaired) electrons. The first-order valence-corrected chi connectivity index (χ1v) is 6.05. The molecule has 0 aromatic carbocycles. The van der Waals surface area contributed by atoms with E-state index in [4.69, 9.17) is 11.5 Å². The van der Waals surface area contributed by atoms with Crippen molar-refractivity contribution in [2.24, 2.45) is 5.92 Å². The summed E-state index contributed by atoms with van der Waals surface area (Å²) < 4.78 is 0. The van der Waals surface area contributed by atoms with Crippen LogP contribution in [0.3, 0.4) is 0 Å². The van der Waals surface area contributed by atoms with E-state index in [0.29, 0.717) is 18.9 Å². The number of aliphatic hydroxyl groups is 1. The average Bonchev–Trinajstić information content (AvgIpc) is 2.30. The number of carbonyl (C=O) groups is 1. The summed E-state index contributed by atoms with van der Waals surface area (Å²) in [5, 5.41) is 11.7.